The summed E-state index contributed by atoms with van der Waals surface area (Å²) in [5.74, 6) is 1.89. The van der Waals surface area contributed by atoms with Crippen LogP contribution in [0.5, 0.6) is 0 Å². The molecule has 1 aromatic carbocycles. The van der Waals surface area contributed by atoms with Crippen LogP contribution in [0.25, 0.3) is 0 Å². The predicted octanol–water partition coefficient (Wildman–Crippen LogP) is 4.83. The first kappa shape index (κ1) is 17.7. The molecule has 0 aliphatic carbocycles. The molecule has 0 saturated carbocycles. The molecule has 21 heavy (non-hydrogen) atoms. The lowest BCUT2D eigenvalue weighted by atomic mass is 9.86. The highest BCUT2D eigenvalue weighted by Crippen LogP contribution is 2.28. The Morgan fingerprint density at radius 1 is 0.905 bits per heavy atom. The van der Waals surface area contributed by atoms with E-state index in [-0.39, 0.29) is 28.3 Å². The van der Waals surface area contributed by atoms with Crippen LogP contribution in [0.1, 0.15) is 64.2 Å². The molecule has 0 N–H and O–H groups in total. The van der Waals surface area contributed by atoms with Crippen molar-refractivity contribution in [3.63, 3.8) is 0 Å². The lowest BCUT2D eigenvalue weighted by molar-refractivity contribution is -0.109. The Kier molecular flexibility index (Phi) is 5.21. The third-order valence-electron chi connectivity index (χ3n) is 3.34. The standard InChI is InChI=1S/C17H23O2Si.CH4/c1-16(2,3)13-9-7-12(8-10-13)14-11-15(17(4,5)6)19-20-18-14;/h7-11H,1-6H3;1H4. The molecule has 3 heteroatoms. The van der Waals surface area contributed by atoms with Crippen molar-refractivity contribution in [3.8, 4) is 0 Å². The van der Waals surface area contributed by atoms with Gasteiger partial charge in [0.05, 0.1) is 17.4 Å². The number of hydrogen-bond acceptors (Lipinski definition) is 1. The molecule has 0 aromatic heterocycles. The lowest BCUT2D eigenvalue weighted by Crippen LogP contribution is -2.20. The number of benzene rings is 1. The van der Waals surface area contributed by atoms with Gasteiger partial charge in [-0.3, -0.25) is 0 Å². The summed E-state index contributed by atoms with van der Waals surface area (Å²) in [5.41, 5.74) is 2.62. The molecule has 2 rings (SSSR count). The zero-order valence-electron chi connectivity index (χ0n) is 13.2. The molecule has 2 nitrogen and oxygen atoms in total. The molecule has 0 bridgehead atoms. The molecule has 0 amide bonds. The minimum Gasteiger partial charge on any atom is -0.632 e. The van der Waals surface area contributed by atoms with Crippen molar-refractivity contribution >= 4 is 15.8 Å². The van der Waals surface area contributed by atoms with E-state index in [9.17, 15) is 0 Å². The van der Waals surface area contributed by atoms with Crippen molar-refractivity contribution in [2.75, 3.05) is 0 Å². The SMILES string of the molecule is C.CC(C)(C)C1=CC(c2ccc(C(C)(C)C)cc2)=[O+][Si-]O1. The number of ketones is 1. The van der Waals surface area contributed by atoms with Crippen molar-refractivity contribution in [3.05, 3.63) is 47.2 Å². The zero-order chi connectivity index (χ0) is 15.0. The van der Waals surface area contributed by atoms with E-state index in [2.05, 4.69) is 65.8 Å². The first-order chi connectivity index (χ1) is 9.18. The summed E-state index contributed by atoms with van der Waals surface area (Å²) in [5, 5.41) is 0. The number of carbonyl (C=O) groups excluding carboxylic acids is 1. The molecular formula is C18H27O2Si. The molecule has 0 spiro atoms. The molecule has 1 heterocycles. The Bertz CT molecular complexity index is 540. The maximum absolute atomic E-state index is 5.66. The van der Waals surface area contributed by atoms with E-state index in [1.807, 2.05) is 6.08 Å². The highest BCUT2D eigenvalue weighted by Gasteiger charge is 2.24. The Hall–Kier alpha value is -1.35. The van der Waals surface area contributed by atoms with Gasteiger partial charge in [0.2, 0.25) is 0 Å². The maximum atomic E-state index is 5.66. The Balaban J connectivity index is 0.00000220. The van der Waals surface area contributed by atoms with Crippen molar-refractivity contribution in [2.24, 2.45) is 5.41 Å². The van der Waals surface area contributed by atoms with E-state index in [0.29, 0.717) is 0 Å². The van der Waals surface area contributed by atoms with Gasteiger partial charge in [0.25, 0.3) is 5.78 Å². The van der Waals surface area contributed by atoms with Crippen LogP contribution in [-0.4, -0.2) is 15.8 Å². The van der Waals surface area contributed by atoms with Crippen molar-refractivity contribution in [1.29, 1.82) is 0 Å². The number of hydrogen-bond donors (Lipinski definition) is 0. The Morgan fingerprint density at radius 2 is 1.48 bits per heavy atom. The van der Waals surface area contributed by atoms with Crippen LogP contribution in [0, 0.1) is 5.41 Å². The summed E-state index contributed by atoms with van der Waals surface area (Å²) in [7, 11) is 0.0424. The van der Waals surface area contributed by atoms with Crippen LogP contribution in [0.2, 0.25) is 0 Å². The third kappa shape index (κ3) is 4.30. The van der Waals surface area contributed by atoms with E-state index in [1.165, 1.54) is 5.56 Å². The normalized spacial score (nSPS) is 15.1. The fraction of sp³-hybridized carbons (Fsp3) is 0.500. The van der Waals surface area contributed by atoms with Crippen LogP contribution >= 0.6 is 0 Å². The molecule has 0 unspecified atom stereocenters. The van der Waals surface area contributed by atoms with Gasteiger partial charge in [-0.1, -0.05) is 61.1 Å². The van der Waals surface area contributed by atoms with Crippen LogP contribution in [0.15, 0.2) is 36.1 Å². The highest BCUT2D eigenvalue weighted by atomic mass is 28.2. The van der Waals surface area contributed by atoms with Gasteiger partial charge in [-0.15, -0.1) is 0 Å². The van der Waals surface area contributed by atoms with E-state index in [4.69, 9.17) is 8.54 Å². The molecule has 1 aliphatic heterocycles. The second-order valence-corrected chi connectivity index (χ2v) is 7.81. The summed E-state index contributed by atoms with van der Waals surface area (Å²) in [4.78, 5) is 0. The van der Waals surface area contributed by atoms with Crippen LogP contribution in [-0.2, 0) is 9.84 Å². The van der Waals surface area contributed by atoms with E-state index in [0.717, 1.165) is 17.1 Å². The second-order valence-electron chi connectivity index (χ2n) is 7.24. The predicted molar refractivity (Wildman–Crippen MR) is 90.6 cm³/mol. The highest BCUT2D eigenvalue weighted by molar-refractivity contribution is 6.22. The summed E-state index contributed by atoms with van der Waals surface area (Å²) in [6.07, 6.45) is 2.02. The van der Waals surface area contributed by atoms with E-state index < -0.39 is 0 Å². The van der Waals surface area contributed by atoms with Gasteiger partial charge in [-0.2, -0.15) is 0 Å². The van der Waals surface area contributed by atoms with Gasteiger partial charge < -0.3 is 8.54 Å². The van der Waals surface area contributed by atoms with Crippen LogP contribution in [0.3, 0.4) is 0 Å². The monoisotopic (exact) mass is 303 g/mol. The Labute approximate surface area is 132 Å². The zero-order valence-corrected chi connectivity index (χ0v) is 14.2. The van der Waals surface area contributed by atoms with Gasteiger partial charge >= 0.3 is 10.0 Å². The van der Waals surface area contributed by atoms with Gasteiger partial charge in [-0.05, 0) is 23.1 Å². The topological polar surface area (TPSA) is 20.5 Å². The first-order valence-electron chi connectivity index (χ1n) is 6.97. The van der Waals surface area contributed by atoms with Crippen molar-refractivity contribution in [2.45, 2.75) is 54.4 Å². The van der Waals surface area contributed by atoms with Gasteiger partial charge in [0.1, 0.15) is 0 Å². The van der Waals surface area contributed by atoms with Crippen LogP contribution < -0.4 is 0 Å². The summed E-state index contributed by atoms with van der Waals surface area (Å²) >= 11 is 0. The van der Waals surface area contributed by atoms with Gasteiger partial charge in [0, 0.05) is 5.41 Å². The fourth-order valence-corrected chi connectivity index (χ4v) is 2.70. The fourth-order valence-electron chi connectivity index (χ4n) is 1.93. The van der Waals surface area contributed by atoms with Crippen molar-refractivity contribution < 1.29 is 8.54 Å². The van der Waals surface area contributed by atoms with E-state index >= 15 is 0 Å². The average Bonchev–Trinajstić information content (AvgIpc) is 2.37. The Morgan fingerprint density at radius 3 is 1.95 bits per heavy atom. The van der Waals surface area contributed by atoms with Crippen molar-refractivity contribution in [1.82, 2.24) is 0 Å². The lowest BCUT2D eigenvalue weighted by Gasteiger charge is -2.27. The molecule has 1 aromatic rings. The minimum absolute atomic E-state index is 0. The largest absolute Gasteiger partial charge is 0.632 e. The van der Waals surface area contributed by atoms with E-state index in [1.54, 1.807) is 0 Å². The maximum Gasteiger partial charge on any atom is 0.424 e. The molecule has 1 aliphatic rings. The first-order valence-corrected chi connectivity index (χ1v) is 7.78. The molecule has 1 radical (unpaired) electrons. The average molecular weight is 303 g/mol. The van der Waals surface area contributed by atoms with Gasteiger partial charge in [0.15, 0.2) is 0 Å². The summed E-state index contributed by atoms with van der Waals surface area (Å²) in [6, 6.07) is 8.61. The summed E-state index contributed by atoms with van der Waals surface area (Å²) in [6.45, 7) is 13.1. The van der Waals surface area contributed by atoms with Gasteiger partial charge in [-0.25, -0.2) is 0 Å². The summed E-state index contributed by atoms with van der Waals surface area (Å²) < 4.78 is 11.3. The molecule has 0 saturated heterocycles. The quantitative estimate of drug-likeness (QED) is 0.537. The number of allylic oxidation sites excluding steroid dienone is 2. The minimum atomic E-state index is 0. The third-order valence-corrected chi connectivity index (χ3v) is 3.95. The molecule has 115 valence electrons. The molecular weight excluding hydrogens is 276 g/mol. The smallest absolute Gasteiger partial charge is 0.424 e. The molecule has 0 atom stereocenters. The second kappa shape index (κ2) is 6.18. The molecule has 0 fully saturated rings. The van der Waals surface area contributed by atoms with Crippen LogP contribution in [0.4, 0.5) is 0 Å². The number of rotatable bonds is 1.